The average Bonchev–Trinajstić information content (AvgIpc) is 2.58. The Balaban J connectivity index is 2.26. The second-order valence-corrected chi connectivity index (χ2v) is 5.09. The number of Topliss-reactive ketones (excluding diaryl/α,β-unsaturated/α-hetero) is 1. The number of aryl methyl sites for hydroxylation is 1. The molecule has 0 aliphatic carbocycles. The highest BCUT2D eigenvalue weighted by molar-refractivity contribution is 5.98. The first-order valence-electron chi connectivity index (χ1n) is 7.71. The molecular formula is C17H24N2O4. The molecule has 0 aliphatic heterocycles. The molecule has 2 N–H and O–H groups in total. The fourth-order valence-electron chi connectivity index (χ4n) is 1.92. The van der Waals surface area contributed by atoms with Gasteiger partial charge in [0.15, 0.2) is 5.78 Å². The Labute approximate surface area is 136 Å². The fourth-order valence-corrected chi connectivity index (χ4v) is 1.92. The number of benzene rings is 1. The monoisotopic (exact) mass is 320 g/mol. The maximum atomic E-state index is 12.0. The molecule has 0 unspecified atom stereocenters. The topological polar surface area (TPSA) is 84.5 Å². The van der Waals surface area contributed by atoms with Crippen LogP contribution in [0.5, 0.6) is 0 Å². The lowest BCUT2D eigenvalue weighted by atomic mass is 10.0. The van der Waals surface area contributed by atoms with Gasteiger partial charge in [-0.2, -0.15) is 0 Å². The van der Waals surface area contributed by atoms with Crippen LogP contribution in [-0.2, 0) is 20.7 Å². The Morgan fingerprint density at radius 1 is 1.00 bits per heavy atom. The van der Waals surface area contributed by atoms with Gasteiger partial charge < -0.3 is 15.4 Å². The van der Waals surface area contributed by atoms with Crippen molar-refractivity contribution in [1.29, 1.82) is 0 Å². The minimum absolute atomic E-state index is 0.0692. The molecule has 0 fully saturated rings. The minimum Gasteiger partial charge on any atom is -0.383 e. The quantitative estimate of drug-likeness (QED) is 0.499. The van der Waals surface area contributed by atoms with Crippen LogP contribution in [0.1, 0.15) is 35.7 Å². The number of nitrogens with one attached hydrogen (secondary N) is 2. The highest BCUT2D eigenvalue weighted by Crippen LogP contribution is 2.08. The van der Waals surface area contributed by atoms with Crippen molar-refractivity contribution in [2.45, 2.75) is 26.2 Å². The van der Waals surface area contributed by atoms with Gasteiger partial charge >= 0.3 is 0 Å². The van der Waals surface area contributed by atoms with Gasteiger partial charge in [0.25, 0.3) is 0 Å². The molecule has 1 rings (SSSR count). The Morgan fingerprint density at radius 3 is 2.30 bits per heavy atom. The molecular weight excluding hydrogens is 296 g/mol. The third kappa shape index (κ3) is 7.56. The molecule has 0 heterocycles. The summed E-state index contributed by atoms with van der Waals surface area (Å²) in [6.45, 7) is 2.77. The van der Waals surface area contributed by atoms with Crippen molar-refractivity contribution in [3.63, 3.8) is 0 Å². The van der Waals surface area contributed by atoms with Gasteiger partial charge in [-0.15, -0.1) is 0 Å². The molecule has 0 saturated heterocycles. The molecule has 2 amide bonds. The Morgan fingerprint density at radius 2 is 1.70 bits per heavy atom. The lowest BCUT2D eigenvalue weighted by molar-refractivity contribution is -0.126. The highest BCUT2D eigenvalue weighted by atomic mass is 16.5. The largest absolute Gasteiger partial charge is 0.383 e. The van der Waals surface area contributed by atoms with E-state index in [4.69, 9.17) is 4.74 Å². The van der Waals surface area contributed by atoms with Crippen molar-refractivity contribution in [3.05, 3.63) is 35.4 Å². The molecule has 1 aromatic carbocycles. The van der Waals surface area contributed by atoms with E-state index in [0.717, 1.165) is 6.42 Å². The van der Waals surface area contributed by atoms with Gasteiger partial charge in [-0.25, -0.2) is 0 Å². The molecule has 6 nitrogen and oxygen atoms in total. The number of hydrogen-bond donors (Lipinski definition) is 2. The zero-order valence-electron chi connectivity index (χ0n) is 13.7. The average molecular weight is 320 g/mol. The zero-order chi connectivity index (χ0) is 17.1. The normalized spacial score (nSPS) is 10.2. The first-order chi connectivity index (χ1) is 11.1. The van der Waals surface area contributed by atoms with Crippen LogP contribution in [0, 0.1) is 0 Å². The van der Waals surface area contributed by atoms with Crippen LogP contribution in [0.25, 0.3) is 0 Å². The van der Waals surface area contributed by atoms with Gasteiger partial charge in [0, 0.05) is 32.1 Å². The Kier molecular flexibility index (Phi) is 8.60. The Hall–Kier alpha value is -2.21. The molecule has 23 heavy (non-hydrogen) atoms. The number of methoxy groups -OCH3 is 1. The molecule has 0 radical (unpaired) electrons. The van der Waals surface area contributed by atoms with Crippen LogP contribution in [0.2, 0.25) is 0 Å². The third-order valence-corrected chi connectivity index (χ3v) is 3.34. The first kappa shape index (κ1) is 18.8. The van der Waals surface area contributed by atoms with E-state index >= 15 is 0 Å². The number of amides is 2. The summed E-state index contributed by atoms with van der Waals surface area (Å²) >= 11 is 0. The van der Waals surface area contributed by atoms with Gasteiger partial charge in [0.1, 0.15) is 0 Å². The van der Waals surface area contributed by atoms with E-state index in [0.29, 0.717) is 18.7 Å². The third-order valence-electron chi connectivity index (χ3n) is 3.34. The smallest absolute Gasteiger partial charge is 0.239 e. The van der Waals surface area contributed by atoms with Crippen molar-refractivity contribution < 1.29 is 19.1 Å². The van der Waals surface area contributed by atoms with Gasteiger partial charge in [0.2, 0.25) is 11.8 Å². The SMILES string of the molecule is CCc1ccc(C(=O)CCC(=O)NCC(=O)NCCOC)cc1. The molecule has 0 atom stereocenters. The van der Waals surface area contributed by atoms with E-state index in [9.17, 15) is 14.4 Å². The van der Waals surface area contributed by atoms with Gasteiger partial charge in [-0.1, -0.05) is 31.2 Å². The van der Waals surface area contributed by atoms with E-state index in [1.807, 2.05) is 19.1 Å². The lowest BCUT2D eigenvalue weighted by Crippen LogP contribution is -2.38. The van der Waals surface area contributed by atoms with Crippen LogP contribution in [-0.4, -0.2) is 44.4 Å². The molecule has 0 aliphatic rings. The second-order valence-electron chi connectivity index (χ2n) is 5.09. The van der Waals surface area contributed by atoms with Gasteiger partial charge in [-0.3, -0.25) is 14.4 Å². The summed E-state index contributed by atoms with van der Waals surface area (Å²) in [5.41, 5.74) is 1.77. The Bertz CT molecular complexity index is 526. The summed E-state index contributed by atoms with van der Waals surface area (Å²) in [5.74, 6) is -0.672. The van der Waals surface area contributed by atoms with Crippen molar-refractivity contribution in [2.24, 2.45) is 0 Å². The summed E-state index contributed by atoms with van der Waals surface area (Å²) in [5, 5.41) is 5.09. The van der Waals surface area contributed by atoms with Gasteiger partial charge in [-0.05, 0) is 12.0 Å². The molecule has 0 spiro atoms. The zero-order valence-corrected chi connectivity index (χ0v) is 13.7. The van der Waals surface area contributed by atoms with E-state index in [1.54, 1.807) is 19.2 Å². The summed E-state index contributed by atoms with van der Waals surface area (Å²) < 4.78 is 4.80. The van der Waals surface area contributed by atoms with E-state index in [1.165, 1.54) is 5.56 Å². The number of carbonyl (C=O) groups excluding carboxylic acids is 3. The summed E-state index contributed by atoms with van der Waals surface area (Å²) in [6, 6.07) is 7.39. The number of ether oxygens (including phenoxy) is 1. The van der Waals surface area contributed by atoms with Crippen molar-refractivity contribution in [2.75, 3.05) is 26.8 Å². The van der Waals surface area contributed by atoms with Crippen molar-refractivity contribution in [3.8, 4) is 0 Å². The van der Waals surface area contributed by atoms with E-state index in [2.05, 4.69) is 10.6 Å². The first-order valence-corrected chi connectivity index (χ1v) is 7.71. The second kappa shape index (κ2) is 10.5. The fraction of sp³-hybridized carbons (Fsp3) is 0.471. The summed E-state index contributed by atoms with van der Waals surface area (Å²) in [6.07, 6.45) is 1.12. The van der Waals surface area contributed by atoms with Crippen LogP contribution in [0.15, 0.2) is 24.3 Å². The number of hydrogen-bond acceptors (Lipinski definition) is 4. The van der Waals surface area contributed by atoms with E-state index in [-0.39, 0.29) is 37.0 Å². The van der Waals surface area contributed by atoms with Gasteiger partial charge in [0.05, 0.1) is 13.2 Å². The number of ketones is 1. The summed E-state index contributed by atoms with van der Waals surface area (Å²) in [4.78, 5) is 35.0. The maximum absolute atomic E-state index is 12.0. The number of rotatable bonds is 10. The van der Waals surface area contributed by atoms with Crippen molar-refractivity contribution >= 4 is 17.6 Å². The molecule has 126 valence electrons. The van der Waals surface area contributed by atoms with Crippen LogP contribution in [0.3, 0.4) is 0 Å². The molecule has 1 aromatic rings. The predicted octanol–water partition coefficient (Wildman–Crippen LogP) is 1.09. The lowest BCUT2D eigenvalue weighted by Gasteiger charge is -2.06. The van der Waals surface area contributed by atoms with Crippen LogP contribution >= 0.6 is 0 Å². The van der Waals surface area contributed by atoms with Crippen LogP contribution < -0.4 is 10.6 Å². The predicted molar refractivity (Wildman–Crippen MR) is 87.3 cm³/mol. The van der Waals surface area contributed by atoms with E-state index < -0.39 is 0 Å². The molecule has 0 bridgehead atoms. The minimum atomic E-state index is -0.314. The molecule has 0 aromatic heterocycles. The van der Waals surface area contributed by atoms with Crippen LogP contribution in [0.4, 0.5) is 0 Å². The standard InChI is InChI=1S/C17H24N2O4/c1-3-13-4-6-14(7-5-13)15(20)8-9-16(21)19-12-17(22)18-10-11-23-2/h4-7H,3,8-12H2,1-2H3,(H,18,22)(H,19,21). The number of carbonyl (C=O) groups is 3. The summed E-state index contributed by atoms with van der Waals surface area (Å²) in [7, 11) is 1.54. The maximum Gasteiger partial charge on any atom is 0.239 e. The molecule has 0 saturated carbocycles. The van der Waals surface area contributed by atoms with Crippen molar-refractivity contribution in [1.82, 2.24) is 10.6 Å². The molecule has 6 heteroatoms. The highest BCUT2D eigenvalue weighted by Gasteiger charge is 2.10.